The summed E-state index contributed by atoms with van der Waals surface area (Å²) < 4.78 is 18.6. The average Bonchev–Trinajstić information content (AvgIpc) is 3.22. The molecule has 0 aliphatic heterocycles. The Morgan fingerprint density at radius 3 is 2.35 bits per heavy atom. The monoisotopic (exact) mass is 412 g/mol. The number of hydrogen-bond acceptors (Lipinski definition) is 4. The maximum Gasteiger partial charge on any atom is 0.259 e. The van der Waals surface area contributed by atoms with Crippen molar-refractivity contribution in [2.75, 3.05) is 12.4 Å². The maximum atomic E-state index is 13.2. The van der Waals surface area contributed by atoms with Gasteiger partial charge in [0.15, 0.2) is 0 Å². The van der Waals surface area contributed by atoms with Crippen LogP contribution in [0.25, 0.3) is 27.5 Å². The van der Waals surface area contributed by atoms with Gasteiger partial charge in [-0.1, -0.05) is 24.3 Å². The minimum Gasteiger partial charge on any atom is -0.496 e. The Morgan fingerprint density at radius 2 is 1.61 bits per heavy atom. The molecule has 0 bridgehead atoms. The predicted octanol–water partition coefficient (Wildman–Crippen LogP) is 4.97. The summed E-state index contributed by atoms with van der Waals surface area (Å²) in [6.07, 6.45) is 0. The maximum absolute atomic E-state index is 13.2. The van der Waals surface area contributed by atoms with Gasteiger partial charge in [-0.15, -0.1) is 10.2 Å². The van der Waals surface area contributed by atoms with Crippen molar-refractivity contribution in [2.24, 2.45) is 0 Å². The topological polar surface area (TPSA) is 69.0 Å². The van der Waals surface area contributed by atoms with Gasteiger partial charge in [0.2, 0.25) is 0 Å². The largest absolute Gasteiger partial charge is 0.496 e. The first-order valence-electron chi connectivity index (χ1n) is 9.62. The summed E-state index contributed by atoms with van der Waals surface area (Å²) in [6, 6.07) is 22.6. The molecule has 5 aromatic rings. The number of benzene rings is 4. The molecular formula is C24H17FN4O2. The van der Waals surface area contributed by atoms with Crippen LogP contribution in [0.3, 0.4) is 0 Å². The van der Waals surface area contributed by atoms with Crippen molar-refractivity contribution >= 4 is 33.4 Å². The van der Waals surface area contributed by atoms with Crippen molar-refractivity contribution in [3.05, 3.63) is 90.2 Å². The molecule has 5 rings (SSSR count). The second kappa shape index (κ2) is 7.53. The molecule has 0 radical (unpaired) electrons. The third-order valence-electron chi connectivity index (χ3n) is 5.01. The van der Waals surface area contributed by atoms with Crippen LogP contribution < -0.4 is 10.1 Å². The Labute approximate surface area is 176 Å². The third kappa shape index (κ3) is 3.57. The summed E-state index contributed by atoms with van der Waals surface area (Å²) >= 11 is 0. The molecule has 0 saturated heterocycles. The van der Waals surface area contributed by atoms with Gasteiger partial charge < -0.3 is 10.1 Å². The number of carbonyl (C=O) groups is 1. The summed E-state index contributed by atoms with van der Waals surface area (Å²) in [7, 11) is 1.54. The van der Waals surface area contributed by atoms with E-state index in [9.17, 15) is 9.18 Å². The third-order valence-corrected chi connectivity index (χ3v) is 5.01. The van der Waals surface area contributed by atoms with Gasteiger partial charge in [0.25, 0.3) is 5.91 Å². The van der Waals surface area contributed by atoms with Crippen molar-refractivity contribution in [3.8, 4) is 11.4 Å². The number of rotatable bonds is 4. The SMILES string of the molecule is COc1cc2ccccc2cc1C(=O)Nc1ccc2nn(-c3ccc(F)cc3)nc2c1. The second-order valence-corrected chi connectivity index (χ2v) is 7.02. The number of anilines is 1. The normalized spacial score (nSPS) is 11.0. The Hall–Kier alpha value is -4.26. The molecule has 4 aromatic carbocycles. The van der Waals surface area contributed by atoms with Gasteiger partial charge in [0.05, 0.1) is 18.4 Å². The molecule has 0 aliphatic rings. The number of hydrogen-bond donors (Lipinski definition) is 1. The van der Waals surface area contributed by atoms with Crippen LogP contribution in [-0.2, 0) is 0 Å². The van der Waals surface area contributed by atoms with Gasteiger partial charge in [0.1, 0.15) is 22.6 Å². The zero-order valence-corrected chi connectivity index (χ0v) is 16.5. The quantitative estimate of drug-likeness (QED) is 0.452. The number of nitrogens with zero attached hydrogens (tertiary/aromatic N) is 3. The average molecular weight is 412 g/mol. The van der Waals surface area contributed by atoms with Crippen LogP contribution in [0.5, 0.6) is 5.75 Å². The fourth-order valence-electron chi connectivity index (χ4n) is 3.45. The molecule has 31 heavy (non-hydrogen) atoms. The van der Waals surface area contributed by atoms with Gasteiger partial charge in [-0.25, -0.2) is 4.39 Å². The standard InChI is InChI=1S/C24H17FN4O2/c1-31-23-13-16-5-3-2-4-15(16)12-20(23)24(30)26-18-8-11-21-22(14-18)28-29(27-21)19-9-6-17(25)7-10-19/h2-14H,1H3,(H,26,30). The lowest BCUT2D eigenvalue weighted by atomic mass is 10.1. The molecule has 1 amide bonds. The molecule has 0 unspecified atom stereocenters. The fourth-order valence-corrected chi connectivity index (χ4v) is 3.45. The van der Waals surface area contributed by atoms with E-state index in [0.29, 0.717) is 33.7 Å². The number of ether oxygens (including phenoxy) is 1. The molecule has 152 valence electrons. The van der Waals surface area contributed by atoms with Gasteiger partial charge in [-0.05, 0) is 65.4 Å². The number of fused-ring (bicyclic) bond motifs is 2. The van der Waals surface area contributed by atoms with E-state index in [2.05, 4.69) is 15.5 Å². The van der Waals surface area contributed by atoms with Crippen LogP contribution in [0.1, 0.15) is 10.4 Å². The first kappa shape index (κ1) is 18.7. The van der Waals surface area contributed by atoms with Gasteiger partial charge in [0, 0.05) is 5.69 Å². The summed E-state index contributed by atoms with van der Waals surface area (Å²) in [6.45, 7) is 0. The molecule has 0 fully saturated rings. The van der Waals surface area contributed by atoms with Crippen molar-refractivity contribution in [2.45, 2.75) is 0 Å². The Bertz CT molecular complexity index is 1430. The number of amides is 1. The van der Waals surface area contributed by atoms with Crippen molar-refractivity contribution in [3.63, 3.8) is 0 Å². The van der Waals surface area contributed by atoms with E-state index in [0.717, 1.165) is 10.8 Å². The van der Waals surface area contributed by atoms with Crippen LogP contribution in [-0.4, -0.2) is 28.0 Å². The Morgan fingerprint density at radius 1 is 0.903 bits per heavy atom. The van der Waals surface area contributed by atoms with E-state index in [1.54, 1.807) is 37.4 Å². The zero-order chi connectivity index (χ0) is 21.4. The van der Waals surface area contributed by atoms with Gasteiger partial charge >= 0.3 is 0 Å². The van der Waals surface area contributed by atoms with Crippen LogP contribution in [0.15, 0.2) is 78.9 Å². The minimum atomic E-state index is -0.324. The summed E-state index contributed by atoms with van der Waals surface area (Å²) in [5, 5.41) is 13.7. The zero-order valence-electron chi connectivity index (χ0n) is 16.5. The van der Waals surface area contributed by atoms with Crippen LogP contribution >= 0.6 is 0 Å². The summed E-state index contributed by atoms with van der Waals surface area (Å²) in [4.78, 5) is 14.4. The van der Waals surface area contributed by atoms with Crippen molar-refractivity contribution < 1.29 is 13.9 Å². The van der Waals surface area contributed by atoms with E-state index in [1.807, 2.05) is 36.4 Å². The molecule has 0 atom stereocenters. The minimum absolute atomic E-state index is 0.284. The molecule has 0 saturated carbocycles. The lowest BCUT2D eigenvalue weighted by molar-refractivity contribution is 0.102. The molecular weight excluding hydrogens is 395 g/mol. The number of aromatic nitrogens is 3. The predicted molar refractivity (Wildman–Crippen MR) is 117 cm³/mol. The molecule has 7 heteroatoms. The molecule has 1 heterocycles. The van der Waals surface area contributed by atoms with E-state index >= 15 is 0 Å². The first-order chi connectivity index (χ1) is 15.1. The molecule has 1 aromatic heterocycles. The van der Waals surface area contributed by atoms with E-state index in [-0.39, 0.29) is 11.7 Å². The fraction of sp³-hybridized carbons (Fsp3) is 0.0417. The van der Waals surface area contributed by atoms with Gasteiger partial charge in [-0.2, -0.15) is 4.80 Å². The van der Waals surface area contributed by atoms with Crippen molar-refractivity contribution in [1.82, 2.24) is 15.0 Å². The van der Waals surface area contributed by atoms with Crippen LogP contribution in [0.2, 0.25) is 0 Å². The molecule has 0 spiro atoms. The number of methoxy groups -OCH3 is 1. The Kier molecular flexibility index (Phi) is 4.55. The lowest BCUT2D eigenvalue weighted by Gasteiger charge is -2.11. The summed E-state index contributed by atoms with van der Waals surface area (Å²) in [5.41, 5.74) is 2.93. The highest BCUT2D eigenvalue weighted by Crippen LogP contribution is 2.27. The molecule has 1 N–H and O–H groups in total. The second-order valence-electron chi connectivity index (χ2n) is 7.02. The number of halogens is 1. The van der Waals surface area contributed by atoms with E-state index < -0.39 is 0 Å². The highest BCUT2D eigenvalue weighted by molar-refractivity contribution is 6.09. The van der Waals surface area contributed by atoms with Crippen molar-refractivity contribution in [1.29, 1.82) is 0 Å². The van der Waals surface area contributed by atoms with E-state index in [4.69, 9.17) is 4.74 Å². The van der Waals surface area contributed by atoms with E-state index in [1.165, 1.54) is 16.9 Å². The molecule has 6 nitrogen and oxygen atoms in total. The highest BCUT2D eigenvalue weighted by atomic mass is 19.1. The number of carbonyl (C=O) groups excluding carboxylic acids is 1. The first-order valence-corrected chi connectivity index (χ1v) is 9.62. The Balaban J connectivity index is 1.45. The van der Waals surface area contributed by atoms with Crippen LogP contribution in [0, 0.1) is 5.82 Å². The lowest BCUT2D eigenvalue weighted by Crippen LogP contribution is -2.13. The number of nitrogens with one attached hydrogen (secondary N) is 1. The highest BCUT2D eigenvalue weighted by Gasteiger charge is 2.15. The van der Waals surface area contributed by atoms with Crippen LogP contribution in [0.4, 0.5) is 10.1 Å². The molecule has 0 aliphatic carbocycles. The summed E-state index contributed by atoms with van der Waals surface area (Å²) in [5.74, 6) is -0.109. The smallest absolute Gasteiger partial charge is 0.259 e. The van der Waals surface area contributed by atoms with Gasteiger partial charge in [-0.3, -0.25) is 4.79 Å².